The third kappa shape index (κ3) is 4.98. The number of ether oxygens (including phenoxy) is 1. The zero-order valence-electron chi connectivity index (χ0n) is 17.5. The van der Waals surface area contributed by atoms with E-state index in [0.29, 0.717) is 11.4 Å². The third-order valence-electron chi connectivity index (χ3n) is 4.93. The van der Waals surface area contributed by atoms with Gasteiger partial charge in [-0.05, 0) is 44.8 Å². The maximum Gasteiger partial charge on any atom is 0.261 e. The van der Waals surface area contributed by atoms with Gasteiger partial charge < -0.3 is 20.3 Å². The molecule has 1 amide bonds. The Morgan fingerprint density at radius 1 is 1.39 bits per heavy atom. The van der Waals surface area contributed by atoms with Crippen LogP contribution in [0, 0.1) is 12.3 Å². The molecule has 8 heteroatoms. The molecule has 3 heterocycles. The Kier molecular flexibility index (Phi) is 6.52. The molecule has 2 N–H and O–H groups in total. The highest BCUT2D eigenvalue weighted by molar-refractivity contribution is 7.20. The van der Waals surface area contributed by atoms with Gasteiger partial charge in [-0.1, -0.05) is 13.8 Å². The number of hydrogen-bond donors (Lipinski definition) is 2. The van der Waals surface area contributed by atoms with Gasteiger partial charge in [-0.25, -0.2) is 9.97 Å². The molecule has 1 aliphatic rings. The summed E-state index contributed by atoms with van der Waals surface area (Å²) >= 11 is 1.42. The van der Waals surface area contributed by atoms with E-state index in [0.717, 1.165) is 54.1 Å². The molecule has 1 saturated heterocycles. The Hall–Kier alpha value is -1.77. The van der Waals surface area contributed by atoms with Crippen molar-refractivity contribution in [3.05, 3.63) is 16.8 Å². The number of aromatic nitrogens is 2. The number of carbonyl (C=O) groups is 1. The van der Waals surface area contributed by atoms with Crippen LogP contribution in [0.1, 0.15) is 41.9 Å². The van der Waals surface area contributed by atoms with Gasteiger partial charge in [-0.2, -0.15) is 0 Å². The van der Waals surface area contributed by atoms with E-state index in [1.54, 1.807) is 6.33 Å². The second-order valence-electron chi connectivity index (χ2n) is 8.56. The fraction of sp³-hybridized carbons (Fsp3) is 0.650. The Morgan fingerprint density at radius 2 is 2.18 bits per heavy atom. The number of aryl methyl sites for hydroxylation is 1. The average molecular weight is 406 g/mol. The first-order valence-corrected chi connectivity index (χ1v) is 10.6. The van der Waals surface area contributed by atoms with Crippen molar-refractivity contribution in [2.75, 3.05) is 45.7 Å². The maximum atomic E-state index is 12.8. The predicted octanol–water partition coefficient (Wildman–Crippen LogP) is 2.91. The largest absolute Gasteiger partial charge is 0.376 e. The number of anilines is 1. The SMILES string of the molecule is Cc1c(C(=O)NCC(C)(C)CN(C)C)sc2ncnc(NCC3CCCO3)c12. The van der Waals surface area contributed by atoms with Crippen molar-refractivity contribution in [3.8, 4) is 0 Å². The standard InChI is InChI=1S/C20H31N5O2S/c1-13-15-17(21-9-14-7-6-8-27-14)23-12-24-19(15)28-16(13)18(26)22-10-20(2,3)11-25(4)5/h12,14H,6-11H2,1-5H3,(H,22,26)(H,21,23,24). The molecule has 7 nitrogen and oxygen atoms in total. The van der Waals surface area contributed by atoms with Gasteiger partial charge in [-0.15, -0.1) is 11.3 Å². The smallest absolute Gasteiger partial charge is 0.261 e. The molecular weight excluding hydrogens is 374 g/mol. The van der Waals surface area contributed by atoms with E-state index in [1.165, 1.54) is 11.3 Å². The summed E-state index contributed by atoms with van der Waals surface area (Å²) in [4.78, 5) is 25.3. The number of hydrogen-bond acceptors (Lipinski definition) is 7. The van der Waals surface area contributed by atoms with Crippen LogP contribution in [0.25, 0.3) is 10.2 Å². The molecule has 1 atom stereocenters. The summed E-state index contributed by atoms with van der Waals surface area (Å²) in [7, 11) is 4.09. The van der Waals surface area contributed by atoms with Gasteiger partial charge in [0.1, 0.15) is 17.0 Å². The number of amides is 1. The van der Waals surface area contributed by atoms with Crippen molar-refractivity contribution >= 4 is 33.3 Å². The van der Waals surface area contributed by atoms with Crippen molar-refractivity contribution in [1.82, 2.24) is 20.2 Å². The van der Waals surface area contributed by atoms with Crippen molar-refractivity contribution < 1.29 is 9.53 Å². The van der Waals surface area contributed by atoms with Crippen molar-refractivity contribution in [2.45, 2.75) is 39.7 Å². The zero-order valence-corrected chi connectivity index (χ0v) is 18.3. The van der Waals surface area contributed by atoms with Gasteiger partial charge in [-0.3, -0.25) is 4.79 Å². The highest BCUT2D eigenvalue weighted by atomic mass is 32.1. The monoisotopic (exact) mass is 405 g/mol. The lowest BCUT2D eigenvalue weighted by atomic mass is 9.93. The summed E-state index contributed by atoms with van der Waals surface area (Å²) in [5.74, 6) is 0.735. The van der Waals surface area contributed by atoms with Crippen LogP contribution in [0.15, 0.2) is 6.33 Å². The molecule has 1 unspecified atom stereocenters. The van der Waals surface area contributed by atoms with Crippen molar-refractivity contribution in [1.29, 1.82) is 0 Å². The molecular formula is C20H31N5O2S. The summed E-state index contributed by atoms with van der Waals surface area (Å²) in [5.41, 5.74) is 0.927. The normalized spacial score (nSPS) is 17.4. The fourth-order valence-corrected chi connectivity index (χ4v) is 4.81. The number of rotatable bonds is 8. The first kappa shape index (κ1) is 21.0. The highest BCUT2D eigenvalue weighted by Crippen LogP contribution is 2.33. The van der Waals surface area contributed by atoms with E-state index < -0.39 is 0 Å². The van der Waals surface area contributed by atoms with Gasteiger partial charge in [0.05, 0.1) is 16.4 Å². The van der Waals surface area contributed by atoms with Crippen molar-refractivity contribution in [3.63, 3.8) is 0 Å². The van der Waals surface area contributed by atoms with E-state index in [4.69, 9.17) is 4.74 Å². The lowest BCUT2D eigenvalue weighted by Gasteiger charge is -2.28. The second kappa shape index (κ2) is 8.71. The van der Waals surface area contributed by atoms with Crippen LogP contribution in [-0.2, 0) is 4.74 Å². The highest BCUT2D eigenvalue weighted by Gasteiger charge is 2.24. The minimum Gasteiger partial charge on any atom is -0.376 e. The van der Waals surface area contributed by atoms with Gasteiger partial charge >= 0.3 is 0 Å². The summed E-state index contributed by atoms with van der Waals surface area (Å²) in [6, 6.07) is 0. The number of nitrogens with zero attached hydrogens (tertiary/aromatic N) is 3. The predicted molar refractivity (Wildman–Crippen MR) is 114 cm³/mol. The van der Waals surface area contributed by atoms with Crippen LogP contribution in [0.2, 0.25) is 0 Å². The Morgan fingerprint density at radius 3 is 2.86 bits per heavy atom. The van der Waals surface area contributed by atoms with E-state index in [2.05, 4.69) is 39.3 Å². The lowest BCUT2D eigenvalue weighted by Crippen LogP contribution is -2.39. The molecule has 3 rings (SSSR count). The summed E-state index contributed by atoms with van der Waals surface area (Å²) in [6.07, 6.45) is 3.96. The lowest BCUT2D eigenvalue weighted by molar-refractivity contribution is 0.0933. The van der Waals surface area contributed by atoms with Crippen LogP contribution >= 0.6 is 11.3 Å². The maximum absolute atomic E-state index is 12.8. The van der Waals surface area contributed by atoms with E-state index in [-0.39, 0.29) is 17.4 Å². The van der Waals surface area contributed by atoms with Crippen LogP contribution in [0.4, 0.5) is 5.82 Å². The quantitative estimate of drug-likeness (QED) is 0.703. The van der Waals surface area contributed by atoms with Crippen LogP contribution in [-0.4, -0.2) is 67.2 Å². The zero-order chi connectivity index (χ0) is 20.3. The van der Waals surface area contributed by atoms with Crippen LogP contribution in [0.5, 0.6) is 0 Å². The molecule has 0 radical (unpaired) electrons. The van der Waals surface area contributed by atoms with E-state index >= 15 is 0 Å². The first-order valence-electron chi connectivity index (χ1n) is 9.79. The third-order valence-corrected chi connectivity index (χ3v) is 6.12. The van der Waals surface area contributed by atoms with E-state index in [9.17, 15) is 4.79 Å². The van der Waals surface area contributed by atoms with E-state index in [1.807, 2.05) is 21.0 Å². The fourth-order valence-electron chi connectivity index (χ4n) is 3.75. The summed E-state index contributed by atoms with van der Waals surface area (Å²) in [6.45, 7) is 9.36. The minimum atomic E-state index is -0.0441. The Balaban J connectivity index is 1.74. The number of fused-ring (bicyclic) bond motifs is 1. The molecule has 154 valence electrons. The van der Waals surface area contributed by atoms with Crippen molar-refractivity contribution in [2.24, 2.45) is 5.41 Å². The van der Waals surface area contributed by atoms with Gasteiger partial charge in [0, 0.05) is 26.2 Å². The molecule has 1 aliphatic heterocycles. The molecule has 0 aliphatic carbocycles. The molecule has 2 aromatic rings. The number of thiophene rings is 1. The molecule has 2 aromatic heterocycles. The first-order chi connectivity index (χ1) is 13.3. The summed E-state index contributed by atoms with van der Waals surface area (Å²) < 4.78 is 5.68. The molecule has 0 spiro atoms. The molecule has 28 heavy (non-hydrogen) atoms. The molecule has 1 fully saturated rings. The van der Waals surface area contributed by atoms with Gasteiger partial charge in [0.2, 0.25) is 0 Å². The Labute approximate surface area is 170 Å². The van der Waals surface area contributed by atoms with Crippen LogP contribution in [0.3, 0.4) is 0 Å². The molecule has 0 saturated carbocycles. The Bertz CT molecular complexity index is 827. The van der Waals surface area contributed by atoms with Gasteiger partial charge in [0.25, 0.3) is 5.91 Å². The summed E-state index contributed by atoms with van der Waals surface area (Å²) in [5, 5.41) is 7.43. The minimum absolute atomic E-state index is 0.00243. The average Bonchev–Trinajstić information content (AvgIpc) is 3.25. The van der Waals surface area contributed by atoms with Gasteiger partial charge in [0.15, 0.2) is 0 Å². The molecule has 0 aromatic carbocycles. The topological polar surface area (TPSA) is 79.4 Å². The number of nitrogens with one attached hydrogen (secondary N) is 2. The number of carbonyl (C=O) groups excluding carboxylic acids is 1. The van der Waals surface area contributed by atoms with Crippen LogP contribution < -0.4 is 10.6 Å². The molecule has 0 bridgehead atoms. The second-order valence-corrected chi connectivity index (χ2v) is 9.56.